The van der Waals surface area contributed by atoms with Crippen molar-refractivity contribution in [1.82, 2.24) is 10.2 Å². The summed E-state index contributed by atoms with van der Waals surface area (Å²) in [6, 6.07) is 7.39. The number of nitrogens with zero attached hydrogens (tertiary/aromatic N) is 3. The number of anilines is 1. The molecule has 2 aromatic heterocycles. The van der Waals surface area contributed by atoms with Gasteiger partial charge >= 0.3 is 6.01 Å². The van der Waals surface area contributed by atoms with Gasteiger partial charge in [0.15, 0.2) is 5.76 Å². The van der Waals surface area contributed by atoms with Crippen LogP contribution >= 0.6 is 0 Å². The van der Waals surface area contributed by atoms with Crippen LogP contribution < -0.4 is 5.32 Å². The molecule has 0 fully saturated rings. The van der Waals surface area contributed by atoms with E-state index in [1.807, 2.05) is 0 Å². The molecule has 0 saturated heterocycles. The second kappa shape index (κ2) is 5.72. The van der Waals surface area contributed by atoms with Gasteiger partial charge < -0.3 is 8.83 Å². The smallest absolute Gasteiger partial charge is 0.322 e. The Bertz CT molecular complexity index is 869. The average molecular weight is 314 g/mol. The highest BCUT2D eigenvalue weighted by molar-refractivity contribution is 6.04. The third-order valence-electron chi connectivity index (χ3n) is 3.12. The Morgan fingerprint density at radius 1 is 1.26 bits per heavy atom. The molecule has 1 amide bonds. The van der Waals surface area contributed by atoms with Crippen LogP contribution in [-0.4, -0.2) is 21.0 Å². The summed E-state index contributed by atoms with van der Waals surface area (Å²) < 4.78 is 10.4. The molecule has 0 aliphatic rings. The maximum atomic E-state index is 12.2. The topological polar surface area (TPSA) is 124 Å². The molecule has 1 aromatic carbocycles. The number of rotatable bonds is 4. The number of carbonyl (C=O) groups excluding carboxylic acids is 1. The van der Waals surface area contributed by atoms with Crippen LogP contribution in [0.5, 0.6) is 0 Å². The second-order valence-electron chi connectivity index (χ2n) is 4.55. The van der Waals surface area contributed by atoms with Gasteiger partial charge in [-0.15, -0.1) is 5.10 Å². The van der Waals surface area contributed by atoms with Crippen molar-refractivity contribution in [3.63, 3.8) is 0 Å². The number of nitrogens with one attached hydrogen (secondary N) is 1. The van der Waals surface area contributed by atoms with Crippen molar-refractivity contribution < 1.29 is 18.6 Å². The van der Waals surface area contributed by atoms with Crippen LogP contribution in [0, 0.1) is 17.0 Å². The van der Waals surface area contributed by atoms with Crippen LogP contribution in [0.1, 0.15) is 15.9 Å². The van der Waals surface area contributed by atoms with Gasteiger partial charge in [0.05, 0.1) is 11.2 Å². The van der Waals surface area contributed by atoms with E-state index < -0.39 is 10.8 Å². The van der Waals surface area contributed by atoms with E-state index >= 15 is 0 Å². The molecule has 0 radical (unpaired) electrons. The highest BCUT2D eigenvalue weighted by atomic mass is 16.6. The van der Waals surface area contributed by atoms with Gasteiger partial charge in [0.1, 0.15) is 0 Å². The van der Waals surface area contributed by atoms with Crippen LogP contribution in [0.15, 0.2) is 45.4 Å². The number of furan rings is 1. The van der Waals surface area contributed by atoms with Gasteiger partial charge in [0, 0.05) is 17.2 Å². The zero-order valence-electron chi connectivity index (χ0n) is 11.8. The molecular weight excluding hydrogens is 304 g/mol. The van der Waals surface area contributed by atoms with Gasteiger partial charge in [0.25, 0.3) is 17.5 Å². The first-order chi connectivity index (χ1) is 11.1. The van der Waals surface area contributed by atoms with Crippen LogP contribution in [0.2, 0.25) is 0 Å². The first kappa shape index (κ1) is 14.4. The van der Waals surface area contributed by atoms with Gasteiger partial charge in [-0.05, 0) is 25.1 Å². The van der Waals surface area contributed by atoms with Crippen molar-refractivity contribution in [3.8, 4) is 11.7 Å². The molecule has 2 heterocycles. The third-order valence-corrected chi connectivity index (χ3v) is 3.12. The van der Waals surface area contributed by atoms with Crippen LogP contribution in [-0.2, 0) is 0 Å². The molecule has 0 aliphatic carbocycles. The summed E-state index contributed by atoms with van der Waals surface area (Å²) in [4.78, 5) is 22.6. The fourth-order valence-electron chi connectivity index (χ4n) is 2.01. The molecule has 0 saturated carbocycles. The Balaban J connectivity index is 1.83. The molecule has 3 aromatic rings. The molecule has 0 bridgehead atoms. The van der Waals surface area contributed by atoms with E-state index in [0.29, 0.717) is 5.76 Å². The Hall–Kier alpha value is -3.49. The van der Waals surface area contributed by atoms with E-state index in [9.17, 15) is 14.9 Å². The SMILES string of the molecule is Cc1c(C(=O)Nc2nnc(-c3ccco3)o2)cccc1[N+](=O)[O-]. The van der Waals surface area contributed by atoms with Crippen LogP contribution in [0.25, 0.3) is 11.7 Å². The van der Waals surface area contributed by atoms with Gasteiger partial charge in [0.2, 0.25) is 0 Å². The minimum Gasteiger partial charge on any atom is -0.459 e. The molecule has 0 unspecified atom stereocenters. The van der Waals surface area contributed by atoms with Crippen molar-refractivity contribution in [2.45, 2.75) is 6.92 Å². The minimum atomic E-state index is -0.583. The molecule has 0 aliphatic heterocycles. The number of benzene rings is 1. The van der Waals surface area contributed by atoms with E-state index in [-0.39, 0.29) is 28.7 Å². The summed E-state index contributed by atoms with van der Waals surface area (Å²) in [7, 11) is 0. The average Bonchev–Trinajstić information content (AvgIpc) is 3.17. The largest absolute Gasteiger partial charge is 0.459 e. The number of hydrogen-bond acceptors (Lipinski definition) is 7. The lowest BCUT2D eigenvalue weighted by Crippen LogP contribution is -2.14. The monoisotopic (exact) mass is 314 g/mol. The quantitative estimate of drug-likeness (QED) is 0.579. The van der Waals surface area contributed by atoms with Crippen LogP contribution in [0.3, 0.4) is 0 Å². The molecule has 9 heteroatoms. The lowest BCUT2D eigenvalue weighted by molar-refractivity contribution is -0.385. The van der Waals surface area contributed by atoms with Crippen molar-refractivity contribution in [3.05, 3.63) is 57.8 Å². The van der Waals surface area contributed by atoms with Gasteiger partial charge in [-0.3, -0.25) is 20.2 Å². The highest BCUT2D eigenvalue weighted by Gasteiger charge is 2.20. The Kier molecular flexibility index (Phi) is 3.59. The second-order valence-corrected chi connectivity index (χ2v) is 4.55. The van der Waals surface area contributed by atoms with Gasteiger partial charge in [-0.1, -0.05) is 11.2 Å². The fourth-order valence-corrected chi connectivity index (χ4v) is 2.01. The van der Waals surface area contributed by atoms with Crippen molar-refractivity contribution in [1.29, 1.82) is 0 Å². The first-order valence-electron chi connectivity index (χ1n) is 6.49. The molecule has 116 valence electrons. The predicted molar refractivity (Wildman–Crippen MR) is 77.8 cm³/mol. The van der Waals surface area contributed by atoms with Gasteiger partial charge in [-0.25, -0.2) is 0 Å². The van der Waals surface area contributed by atoms with E-state index in [1.54, 1.807) is 12.1 Å². The molecule has 9 nitrogen and oxygen atoms in total. The highest BCUT2D eigenvalue weighted by Crippen LogP contribution is 2.23. The summed E-state index contributed by atoms with van der Waals surface area (Å²) in [5.74, 6) is -0.105. The minimum absolute atomic E-state index is 0.112. The summed E-state index contributed by atoms with van der Waals surface area (Å²) in [6.45, 7) is 1.50. The predicted octanol–water partition coefficient (Wildman–Crippen LogP) is 2.80. The van der Waals surface area contributed by atoms with Gasteiger partial charge in [-0.2, -0.15) is 0 Å². The lowest BCUT2D eigenvalue weighted by atomic mass is 10.1. The number of amides is 1. The summed E-state index contributed by atoms with van der Waals surface area (Å²) >= 11 is 0. The standard InChI is InChI=1S/C14H10N4O5/c1-8-9(4-2-5-10(8)18(20)21)12(19)15-14-17-16-13(23-14)11-6-3-7-22-11/h2-7H,1H3,(H,15,17,19). The van der Waals surface area contributed by atoms with E-state index in [1.165, 1.54) is 31.4 Å². The number of hydrogen-bond donors (Lipinski definition) is 1. The Morgan fingerprint density at radius 3 is 2.78 bits per heavy atom. The molecular formula is C14H10N4O5. The zero-order chi connectivity index (χ0) is 16.4. The molecule has 0 atom stereocenters. The van der Waals surface area contributed by atoms with Crippen molar-refractivity contribution in [2.24, 2.45) is 0 Å². The molecule has 0 spiro atoms. The number of aromatic nitrogens is 2. The Morgan fingerprint density at radius 2 is 2.09 bits per heavy atom. The number of nitro benzene ring substituents is 1. The van der Waals surface area contributed by atoms with E-state index in [2.05, 4.69) is 15.5 Å². The molecule has 1 N–H and O–H groups in total. The fraction of sp³-hybridized carbons (Fsp3) is 0.0714. The van der Waals surface area contributed by atoms with E-state index in [4.69, 9.17) is 8.83 Å². The summed E-state index contributed by atoms with van der Waals surface area (Å²) in [6.07, 6.45) is 1.45. The number of carbonyl (C=O) groups is 1. The normalized spacial score (nSPS) is 10.5. The van der Waals surface area contributed by atoms with Crippen LogP contribution in [0.4, 0.5) is 11.7 Å². The zero-order valence-corrected chi connectivity index (χ0v) is 11.8. The lowest BCUT2D eigenvalue weighted by Gasteiger charge is -2.04. The van der Waals surface area contributed by atoms with Crippen molar-refractivity contribution >= 4 is 17.6 Å². The molecule has 3 rings (SSSR count). The maximum Gasteiger partial charge on any atom is 0.322 e. The molecule has 23 heavy (non-hydrogen) atoms. The summed E-state index contributed by atoms with van der Waals surface area (Å²) in [5, 5.41) is 20.7. The number of nitro groups is 1. The maximum absolute atomic E-state index is 12.2. The van der Waals surface area contributed by atoms with Crippen molar-refractivity contribution in [2.75, 3.05) is 5.32 Å². The van der Waals surface area contributed by atoms with E-state index in [0.717, 1.165) is 0 Å². The summed E-state index contributed by atoms with van der Waals surface area (Å²) in [5.41, 5.74) is 0.261. The Labute approximate surface area is 129 Å². The third kappa shape index (κ3) is 2.79. The first-order valence-corrected chi connectivity index (χ1v) is 6.49.